The molecule has 0 fully saturated rings. The molecule has 0 spiro atoms. The summed E-state index contributed by atoms with van der Waals surface area (Å²) in [6, 6.07) is 13.0. The van der Waals surface area contributed by atoms with Crippen molar-refractivity contribution in [1.29, 1.82) is 0 Å². The average molecular weight is 251 g/mol. The van der Waals surface area contributed by atoms with Crippen molar-refractivity contribution in [3.63, 3.8) is 0 Å². The van der Waals surface area contributed by atoms with Gasteiger partial charge in [-0.05, 0) is 24.6 Å². The second-order valence-corrected chi connectivity index (χ2v) is 4.77. The number of hydrogen-bond acceptors (Lipinski definition) is 3. The predicted molar refractivity (Wildman–Crippen MR) is 72.6 cm³/mol. The number of nitrogens with zero attached hydrogens (tertiary/aromatic N) is 1. The topological polar surface area (TPSA) is 50.2 Å². The maximum Gasteiger partial charge on any atom is 0.210 e. The number of rotatable bonds is 1. The standard InChI is InChI=1S/C16H13NO2/c1-16(19)12-8-5-9-17-14(12)15(18)13(16)10-11-6-3-2-4-7-11/h2-10,19H,1H3/b13-10-/t16-/m1/s1. The molecule has 3 rings (SSSR count). The number of fused-ring (bicyclic) bond motifs is 1. The Morgan fingerprint density at radius 3 is 2.58 bits per heavy atom. The van der Waals surface area contributed by atoms with Crippen LogP contribution in [-0.4, -0.2) is 15.9 Å². The smallest absolute Gasteiger partial charge is 0.210 e. The summed E-state index contributed by atoms with van der Waals surface area (Å²) in [5.41, 5.74) is 0.888. The van der Waals surface area contributed by atoms with E-state index >= 15 is 0 Å². The maximum atomic E-state index is 12.3. The molecule has 0 aliphatic heterocycles. The first-order valence-electron chi connectivity index (χ1n) is 6.10. The minimum atomic E-state index is -1.28. The summed E-state index contributed by atoms with van der Waals surface area (Å²) in [7, 11) is 0. The Morgan fingerprint density at radius 2 is 1.89 bits per heavy atom. The van der Waals surface area contributed by atoms with Crippen LogP contribution in [-0.2, 0) is 5.60 Å². The Kier molecular flexibility index (Phi) is 2.57. The van der Waals surface area contributed by atoms with Crippen molar-refractivity contribution < 1.29 is 9.90 Å². The van der Waals surface area contributed by atoms with Gasteiger partial charge in [-0.2, -0.15) is 0 Å². The largest absolute Gasteiger partial charge is 0.380 e. The monoisotopic (exact) mass is 251 g/mol. The molecule has 0 saturated carbocycles. The van der Waals surface area contributed by atoms with Crippen LogP contribution in [0.1, 0.15) is 28.5 Å². The first kappa shape index (κ1) is 11.8. The number of aliphatic hydroxyl groups is 1. The van der Waals surface area contributed by atoms with Gasteiger partial charge in [-0.3, -0.25) is 9.78 Å². The fourth-order valence-corrected chi connectivity index (χ4v) is 2.39. The molecule has 0 amide bonds. The average Bonchev–Trinajstić information content (AvgIpc) is 2.62. The quantitative estimate of drug-likeness (QED) is 0.792. The highest BCUT2D eigenvalue weighted by Crippen LogP contribution is 2.40. The van der Waals surface area contributed by atoms with Crippen molar-refractivity contribution in [1.82, 2.24) is 4.98 Å². The van der Waals surface area contributed by atoms with Crippen LogP contribution in [0.3, 0.4) is 0 Å². The third kappa shape index (κ3) is 1.79. The fraction of sp³-hybridized carbons (Fsp3) is 0.125. The zero-order valence-electron chi connectivity index (χ0n) is 10.5. The summed E-state index contributed by atoms with van der Waals surface area (Å²) in [5, 5.41) is 10.6. The zero-order chi connectivity index (χ0) is 13.5. The molecule has 1 aliphatic carbocycles. The molecule has 0 unspecified atom stereocenters. The molecule has 0 radical (unpaired) electrons. The van der Waals surface area contributed by atoms with Crippen LogP contribution in [0.2, 0.25) is 0 Å². The first-order chi connectivity index (χ1) is 9.10. The number of carbonyl (C=O) groups excluding carboxylic acids is 1. The van der Waals surface area contributed by atoms with E-state index in [1.807, 2.05) is 30.3 Å². The number of aromatic nitrogens is 1. The summed E-state index contributed by atoms with van der Waals surface area (Å²) in [6.07, 6.45) is 3.29. The Balaban J connectivity index is 2.16. The zero-order valence-corrected chi connectivity index (χ0v) is 10.5. The minimum absolute atomic E-state index is 0.204. The van der Waals surface area contributed by atoms with Gasteiger partial charge in [-0.25, -0.2) is 0 Å². The summed E-state index contributed by atoms with van der Waals surface area (Å²) < 4.78 is 0. The molecular weight excluding hydrogens is 238 g/mol. The van der Waals surface area contributed by atoms with Crippen LogP contribution in [0, 0.1) is 0 Å². The molecule has 1 aromatic carbocycles. The van der Waals surface area contributed by atoms with Crippen LogP contribution < -0.4 is 0 Å². The molecular formula is C16H13NO2. The van der Waals surface area contributed by atoms with Crippen molar-refractivity contribution in [3.8, 4) is 0 Å². The van der Waals surface area contributed by atoms with Crippen LogP contribution in [0.15, 0.2) is 54.2 Å². The maximum absolute atomic E-state index is 12.3. The van der Waals surface area contributed by atoms with Gasteiger partial charge in [0.05, 0.1) is 0 Å². The minimum Gasteiger partial charge on any atom is -0.380 e. The molecule has 94 valence electrons. The Morgan fingerprint density at radius 1 is 1.16 bits per heavy atom. The molecule has 1 aliphatic rings. The van der Waals surface area contributed by atoms with Crippen molar-refractivity contribution in [2.75, 3.05) is 0 Å². The molecule has 1 atom stereocenters. The summed E-state index contributed by atoms with van der Waals surface area (Å²) in [4.78, 5) is 16.4. The number of ketones is 1. The Labute approximate surface area is 111 Å². The molecule has 0 bridgehead atoms. The SMILES string of the molecule is C[C@]1(O)/C(=C\c2ccccc2)C(=O)c2ncccc21. The van der Waals surface area contributed by atoms with Gasteiger partial charge < -0.3 is 5.11 Å². The summed E-state index contributed by atoms with van der Waals surface area (Å²) >= 11 is 0. The molecule has 19 heavy (non-hydrogen) atoms. The molecule has 2 aromatic rings. The van der Waals surface area contributed by atoms with Gasteiger partial charge in [0, 0.05) is 17.3 Å². The van der Waals surface area contributed by atoms with E-state index in [1.54, 1.807) is 31.3 Å². The van der Waals surface area contributed by atoms with E-state index in [2.05, 4.69) is 4.98 Å². The van der Waals surface area contributed by atoms with Crippen LogP contribution in [0.25, 0.3) is 6.08 Å². The van der Waals surface area contributed by atoms with Gasteiger partial charge in [0.1, 0.15) is 11.3 Å². The fourth-order valence-electron chi connectivity index (χ4n) is 2.39. The van der Waals surface area contributed by atoms with Crippen molar-refractivity contribution in [3.05, 3.63) is 71.1 Å². The predicted octanol–water partition coefficient (Wildman–Crippen LogP) is 2.57. The van der Waals surface area contributed by atoms with Crippen molar-refractivity contribution in [2.45, 2.75) is 12.5 Å². The van der Waals surface area contributed by atoms with Gasteiger partial charge >= 0.3 is 0 Å². The van der Waals surface area contributed by atoms with E-state index < -0.39 is 5.60 Å². The highest BCUT2D eigenvalue weighted by Gasteiger charge is 2.43. The van der Waals surface area contributed by atoms with Gasteiger partial charge in [-0.15, -0.1) is 0 Å². The van der Waals surface area contributed by atoms with Crippen molar-refractivity contribution >= 4 is 11.9 Å². The Bertz CT molecular complexity index is 672. The van der Waals surface area contributed by atoms with Crippen LogP contribution in [0.4, 0.5) is 0 Å². The normalized spacial score (nSPS) is 23.7. The van der Waals surface area contributed by atoms with E-state index in [0.29, 0.717) is 16.8 Å². The third-order valence-electron chi connectivity index (χ3n) is 3.43. The third-order valence-corrected chi connectivity index (χ3v) is 3.43. The summed E-state index contributed by atoms with van der Waals surface area (Å²) in [6.45, 7) is 1.63. The first-order valence-corrected chi connectivity index (χ1v) is 6.10. The second-order valence-electron chi connectivity index (χ2n) is 4.77. The number of carbonyl (C=O) groups is 1. The van der Waals surface area contributed by atoms with Crippen molar-refractivity contribution in [2.24, 2.45) is 0 Å². The number of Topliss-reactive ketones (excluding diaryl/α,β-unsaturated/α-hetero) is 1. The number of hydrogen-bond donors (Lipinski definition) is 1. The molecule has 1 heterocycles. The van der Waals surface area contributed by atoms with E-state index in [0.717, 1.165) is 5.56 Å². The lowest BCUT2D eigenvalue weighted by atomic mass is 9.93. The van der Waals surface area contributed by atoms with Crippen LogP contribution >= 0.6 is 0 Å². The van der Waals surface area contributed by atoms with Gasteiger partial charge in [0.2, 0.25) is 5.78 Å². The molecule has 3 nitrogen and oxygen atoms in total. The van der Waals surface area contributed by atoms with E-state index in [1.165, 1.54) is 0 Å². The van der Waals surface area contributed by atoms with Gasteiger partial charge in [0.15, 0.2) is 0 Å². The van der Waals surface area contributed by atoms with E-state index in [9.17, 15) is 9.90 Å². The lowest BCUT2D eigenvalue weighted by Gasteiger charge is -2.18. The number of pyridine rings is 1. The Hall–Kier alpha value is -2.26. The highest BCUT2D eigenvalue weighted by molar-refractivity contribution is 6.16. The highest BCUT2D eigenvalue weighted by atomic mass is 16.3. The molecule has 3 heteroatoms. The second kappa shape index (κ2) is 4.14. The molecule has 1 N–H and O–H groups in total. The lowest BCUT2D eigenvalue weighted by molar-refractivity contribution is 0.0877. The van der Waals surface area contributed by atoms with E-state index in [4.69, 9.17) is 0 Å². The summed E-state index contributed by atoms with van der Waals surface area (Å²) in [5.74, 6) is -0.204. The van der Waals surface area contributed by atoms with Gasteiger partial charge in [-0.1, -0.05) is 36.4 Å². The van der Waals surface area contributed by atoms with Crippen LogP contribution in [0.5, 0.6) is 0 Å². The lowest BCUT2D eigenvalue weighted by Crippen LogP contribution is -2.20. The number of benzene rings is 1. The molecule has 0 saturated heterocycles. The molecule has 1 aromatic heterocycles. The van der Waals surface area contributed by atoms with E-state index in [-0.39, 0.29) is 5.78 Å². The van der Waals surface area contributed by atoms with Gasteiger partial charge in [0.25, 0.3) is 0 Å².